The molecule has 1 aromatic heterocycles. The molecule has 0 radical (unpaired) electrons. The Balaban J connectivity index is 1.91. The summed E-state index contributed by atoms with van der Waals surface area (Å²) in [5.74, 6) is -1.26. The Bertz CT molecular complexity index is 1490. The van der Waals surface area contributed by atoms with Crippen molar-refractivity contribution in [3.63, 3.8) is 0 Å². The van der Waals surface area contributed by atoms with Crippen LogP contribution in [-0.2, 0) is 23.7 Å². The van der Waals surface area contributed by atoms with E-state index in [1.165, 1.54) is 36.5 Å². The molecule has 42 heavy (non-hydrogen) atoms. The predicted molar refractivity (Wildman–Crippen MR) is 142 cm³/mol. The third kappa shape index (κ3) is 6.44. The topological polar surface area (TPSA) is 65.4 Å². The summed E-state index contributed by atoms with van der Waals surface area (Å²) in [6.07, 6.45) is -12.0. The lowest BCUT2D eigenvalue weighted by molar-refractivity contribution is -0.297. The molecule has 0 saturated carbocycles. The molecule has 3 unspecified atom stereocenters. The van der Waals surface area contributed by atoms with Gasteiger partial charge in [-0.2, -0.15) is 26.3 Å². The molecule has 0 saturated heterocycles. The van der Waals surface area contributed by atoms with E-state index in [4.69, 9.17) is 11.6 Å². The van der Waals surface area contributed by atoms with Crippen molar-refractivity contribution in [3.05, 3.63) is 136 Å². The summed E-state index contributed by atoms with van der Waals surface area (Å²) >= 11 is 5.99. The summed E-state index contributed by atoms with van der Waals surface area (Å²) in [6, 6.07) is 18.5. The fraction of sp³-hybridized carbons (Fsp3) is 0.233. The third-order valence-corrected chi connectivity index (χ3v) is 7.14. The molecule has 12 heteroatoms. The molecule has 4 nitrogen and oxygen atoms in total. The van der Waals surface area contributed by atoms with Crippen molar-refractivity contribution >= 4 is 11.6 Å². The van der Waals surface area contributed by atoms with Crippen molar-refractivity contribution in [2.45, 2.75) is 36.0 Å². The minimum Gasteiger partial charge on any atom is -0.388 e. The number of halogens is 8. The van der Waals surface area contributed by atoms with E-state index in [9.17, 15) is 40.9 Å². The van der Waals surface area contributed by atoms with Gasteiger partial charge in [-0.1, -0.05) is 72.3 Å². The van der Waals surface area contributed by atoms with Crippen molar-refractivity contribution in [1.82, 2.24) is 10.3 Å². The summed E-state index contributed by atoms with van der Waals surface area (Å²) < 4.78 is 99.0. The van der Waals surface area contributed by atoms with E-state index in [2.05, 4.69) is 10.3 Å². The number of aliphatic hydroxyl groups is 2. The Hall–Kier alpha value is -3.51. The molecule has 4 aromatic rings. The number of alkyl halides is 6. The third-order valence-electron chi connectivity index (χ3n) is 6.92. The molecular weight excluding hydrogens is 589 g/mol. The number of aliphatic hydroxyl groups excluding tert-OH is 1. The molecule has 0 amide bonds. The largest absolute Gasteiger partial charge is 0.424 e. The number of hydrogen-bond donors (Lipinski definition) is 3. The van der Waals surface area contributed by atoms with Crippen LogP contribution in [0.2, 0.25) is 5.02 Å². The van der Waals surface area contributed by atoms with Crippen LogP contribution < -0.4 is 5.32 Å². The normalized spacial score (nSPS) is 16.0. The minimum absolute atomic E-state index is 0.0306. The highest BCUT2D eigenvalue weighted by atomic mass is 35.5. The SMILES string of the molecule is OC(CNC(Cc1ccccc1)(c1cc(F)cc(C(F)(F)F)c1)c1ccc(Cl)cn1)C(O)(c1ccccc1)C(F)(F)F. The summed E-state index contributed by atoms with van der Waals surface area (Å²) in [4.78, 5) is 4.23. The van der Waals surface area contributed by atoms with Crippen LogP contribution in [0.1, 0.15) is 27.9 Å². The molecule has 0 spiro atoms. The van der Waals surface area contributed by atoms with Gasteiger partial charge in [-0.05, 0) is 47.0 Å². The number of pyridine rings is 1. The Morgan fingerprint density at radius 1 is 0.786 bits per heavy atom. The van der Waals surface area contributed by atoms with Crippen molar-refractivity contribution in [2.24, 2.45) is 0 Å². The van der Waals surface area contributed by atoms with Crippen molar-refractivity contribution < 1.29 is 40.9 Å². The molecule has 4 rings (SSSR count). The predicted octanol–water partition coefficient (Wildman–Crippen LogP) is 6.78. The molecule has 0 fully saturated rings. The van der Waals surface area contributed by atoms with Gasteiger partial charge in [-0.25, -0.2) is 4.39 Å². The zero-order chi connectivity index (χ0) is 30.8. The lowest BCUT2D eigenvalue weighted by atomic mass is 9.79. The Morgan fingerprint density at radius 2 is 1.38 bits per heavy atom. The molecule has 0 bridgehead atoms. The van der Waals surface area contributed by atoms with Crippen molar-refractivity contribution in [2.75, 3.05) is 6.54 Å². The highest BCUT2D eigenvalue weighted by Gasteiger charge is 2.60. The minimum atomic E-state index is -5.36. The highest BCUT2D eigenvalue weighted by molar-refractivity contribution is 6.30. The molecule has 222 valence electrons. The summed E-state index contributed by atoms with van der Waals surface area (Å²) in [7, 11) is 0. The molecule has 0 aliphatic rings. The number of benzene rings is 3. The molecule has 3 aromatic carbocycles. The van der Waals surface area contributed by atoms with Crippen LogP contribution in [0.25, 0.3) is 0 Å². The first-order valence-corrected chi connectivity index (χ1v) is 12.9. The Kier molecular flexibility index (Phi) is 8.98. The molecular formula is C30H24ClF7N2O2. The second-order valence-electron chi connectivity index (χ2n) is 9.68. The second-order valence-corrected chi connectivity index (χ2v) is 10.1. The van der Waals surface area contributed by atoms with Gasteiger partial charge in [0.2, 0.25) is 5.60 Å². The summed E-state index contributed by atoms with van der Waals surface area (Å²) in [5.41, 5.74) is -7.60. The van der Waals surface area contributed by atoms with Crippen LogP contribution in [-0.4, -0.2) is 34.0 Å². The molecule has 3 N–H and O–H groups in total. The zero-order valence-electron chi connectivity index (χ0n) is 21.6. The van der Waals surface area contributed by atoms with Gasteiger partial charge in [0.05, 0.1) is 21.8 Å². The van der Waals surface area contributed by atoms with Gasteiger partial charge in [0.25, 0.3) is 0 Å². The summed E-state index contributed by atoms with van der Waals surface area (Å²) in [6.45, 7) is -1.01. The van der Waals surface area contributed by atoms with E-state index < -0.39 is 53.1 Å². The highest BCUT2D eigenvalue weighted by Crippen LogP contribution is 2.43. The van der Waals surface area contributed by atoms with Gasteiger partial charge in [0.1, 0.15) is 11.9 Å². The molecule has 0 aliphatic heterocycles. The van der Waals surface area contributed by atoms with Crippen molar-refractivity contribution in [1.29, 1.82) is 0 Å². The average molecular weight is 613 g/mol. The maximum Gasteiger partial charge on any atom is 0.424 e. The van der Waals surface area contributed by atoms with Gasteiger partial charge >= 0.3 is 12.4 Å². The first-order valence-electron chi connectivity index (χ1n) is 12.5. The number of aromatic nitrogens is 1. The van der Waals surface area contributed by atoms with Crippen LogP contribution in [0.5, 0.6) is 0 Å². The van der Waals surface area contributed by atoms with E-state index in [1.54, 1.807) is 30.3 Å². The van der Waals surface area contributed by atoms with Gasteiger partial charge < -0.3 is 10.2 Å². The maximum absolute atomic E-state index is 14.8. The fourth-order valence-corrected chi connectivity index (χ4v) is 4.89. The Labute approximate surface area is 241 Å². The van der Waals surface area contributed by atoms with Gasteiger partial charge in [0.15, 0.2) is 0 Å². The first kappa shape index (κ1) is 31.4. The van der Waals surface area contributed by atoms with Crippen LogP contribution in [0, 0.1) is 5.82 Å². The average Bonchev–Trinajstić information content (AvgIpc) is 2.94. The second kappa shape index (κ2) is 12.0. The first-order chi connectivity index (χ1) is 19.7. The van der Waals surface area contributed by atoms with E-state index >= 15 is 0 Å². The zero-order valence-corrected chi connectivity index (χ0v) is 22.4. The van der Waals surface area contributed by atoms with Gasteiger partial charge in [-0.3, -0.25) is 10.3 Å². The standard InChI is InChI=1S/C30H24ClF7N2O2/c31-23-11-12-25(39-17-23)27(16-19-7-3-1-4-8-19,21-13-22(29(33,34)35)15-24(32)14-21)40-18-26(41)28(42,30(36,37)38)20-9-5-2-6-10-20/h1-15,17,26,40-42H,16,18H2. The molecule has 3 atom stereocenters. The fourth-order valence-electron chi connectivity index (χ4n) is 4.78. The van der Waals surface area contributed by atoms with Gasteiger partial charge in [-0.15, -0.1) is 0 Å². The van der Waals surface area contributed by atoms with Crippen molar-refractivity contribution in [3.8, 4) is 0 Å². The van der Waals surface area contributed by atoms with E-state index in [1.807, 2.05) is 0 Å². The lowest BCUT2D eigenvalue weighted by Gasteiger charge is -2.40. The monoisotopic (exact) mass is 612 g/mol. The van der Waals surface area contributed by atoms with Crippen LogP contribution in [0.4, 0.5) is 30.7 Å². The number of nitrogens with one attached hydrogen (secondary N) is 1. The number of rotatable bonds is 9. The van der Waals surface area contributed by atoms with Crippen LogP contribution in [0.3, 0.4) is 0 Å². The number of nitrogens with zero attached hydrogens (tertiary/aromatic N) is 1. The van der Waals surface area contributed by atoms with E-state index in [0.29, 0.717) is 17.7 Å². The van der Waals surface area contributed by atoms with E-state index in [0.717, 1.165) is 18.2 Å². The molecule has 0 aliphatic carbocycles. The maximum atomic E-state index is 14.8. The number of hydrogen-bond acceptors (Lipinski definition) is 4. The van der Waals surface area contributed by atoms with Crippen LogP contribution >= 0.6 is 11.6 Å². The Morgan fingerprint density at radius 3 is 1.93 bits per heavy atom. The smallest absolute Gasteiger partial charge is 0.388 e. The van der Waals surface area contributed by atoms with Crippen LogP contribution in [0.15, 0.2) is 97.2 Å². The summed E-state index contributed by atoms with van der Waals surface area (Å²) in [5, 5.41) is 24.7. The van der Waals surface area contributed by atoms with E-state index in [-0.39, 0.29) is 22.7 Å². The lowest BCUT2D eigenvalue weighted by Crippen LogP contribution is -2.58. The molecule has 1 heterocycles. The van der Waals surface area contributed by atoms with Gasteiger partial charge in [0, 0.05) is 19.2 Å². The quantitative estimate of drug-likeness (QED) is 0.182.